The van der Waals surface area contributed by atoms with Crippen molar-refractivity contribution < 1.29 is 0 Å². The average Bonchev–Trinajstić information content (AvgIpc) is 2.49. The van der Waals surface area contributed by atoms with Gasteiger partial charge in [0.2, 0.25) is 0 Å². The van der Waals surface area contributed by atoms with Crippen LogP contribution in [-0.4, -0.2) is 10.7 Å². The van der Waals surface area contributed by atoms with E-state index in [0.29, 0.717) is 0 Å². The first kappa shape index (κ1) is 15.3. The molecule has 0 saturated heterocycles. The lowest BCUT2D eigenvalue weighted by Crippen LogP contribution is -2.02. The summed E-state index contributed by atoms with van der Waals surface area (Å²) in [4.78, 5) is 0. The molecule has 0 amide bonds. The molecule has 2 aromatic carbocycles. The van der Waals surface area contributed by atoms with E-state index in [1.165, 1.54) is 16.7 Å². The van der Waals surface area contributed by atoms with Crippen LogP contribution in [0, 0.1) is 0 Å². The number of rotatable bonds is 6. The summed E-state index contributed by atoms with van der Waals surface area (Å²) in [5.41, 5.74) is 4.02. The summed E-state index contributed by atoms with van der Waals surface area (Å²) in [5, 5.41) is 0.819. The monoisotopic (exact) mass is 348 g/mol. The highest BCUT2D eigenvalue weighted by Crippen LogP contribution is 2.17. The Morgan fingerprint density at radius 2 is 1.35 bits per heavy atom. The Hall–Kier alpha value is -1.05. The second-order valence-corrected chi connectivity index (χ2v) is 6.03. The molecule has 104 valence electrons. The van der Waals surface area contributed by atoms with Crippen molar-refractivity contribution >= 4 is 27.5 Å². The van der Waals surface area contributed by atoms with Crippen molar-refractivity contribution in [2.75, 3.05) is 5.33 Å². The maximum absolute atomic E-state index is 6.27. The van der Waals surface area contributed by atoms with E-state index in [0.717, 1.165) is 18.2 Å². The molecule has 0 aliphatic rings. The maximum atomic E-state index is 6.27. The molecule has 0 aliphatic carbocycles. The Morgan fingerprint density at radius 1 is 0.900 bits per heavy atom. The van der Waals surface area contributed by atoms with Gasteiger partial charge < -0.3 is 0 Å². The number of allylic oxidation sites excluding steroid dienone is 2. The fraction of sp³-hybridized carbons (Fsp3) is 0.222. The van der Waals surface area contributed by atoms with Gasteiger partial charge in [-0.3, -0.25) is 0 Å². The third-order valence-corrected chi connectivity index (χ3v) is 4.46. The molecule has 0 nitrogen and oxygen atoms in total. The Bertz CT molecular complexity index is 490. The summed E-state index contributed by atoms with van der Waals surface area (Å²) in [6.07, 6.45) is 4.08. The first-order chi connectivity index (χ1) is 9.78. The minimum absolute atomic E-state index is 0.0393. The second kappa shape index (κ2) is 8.28. The molecule has 2 heteroatoms. The van der Waals surface area contributed by atoms with Gasteiger partial charge in [-0.15, -0.1) is 11.6 Å². The normalized spacial score (nSPS) is 11.9. The van der Waals surface area contributed by atoms with Crippen LogP contribution in [0.25, 0.3) is 0 Å². The Morgan fingerprint density at radius 3 is 1.75 bits per heavy atom. The van der Waals surface area contributed by atoms with Crippen LogP contribution in [0.3, 0.4) is 0 Å². The van der Waals surface area contributed by atoms with E-state index < -0.39 is 0 Å². The summed E-state index contributed by atoms with van der Waals surface area (Å²) < 4.78 is 0. The summed E-state index contributed by atoms with van der Waals surface area (Å²) in [5.74, 6) is 0. The summed E-state index contributed by atoms with van der Waals surface area (Å²) >= 11 is 9.71. The molecular formula is C18H18BrCl. The summed E-state index contributed by atoms with van der Waals surface area (Å²) in [6, 6.07) is 21.1. The zero-order valence-electron chi connectivity index (χ0n) is 11.3. The molecule has 0 aliphatic heterocycles. The van der Waals surface area contributed by atoms with Crippen LogP contribution >= 0.6 is 27.5 Å². The van der Waals surface area contributed by atoms with Gasteiger partial charge in [0, 0.05) is 5.33 Å². The topological polar surface area (TPSA) is 0 Å². The molecule has 20 heavy (non-hydrogen) atoms. The fourth-order valence-corrected chi connectivity index (χ4v) is 2.56. The van der Waals surface area contributed by atoms with Gasteiger partial charge in [0.15, 0.2) is 0 Å². The molecule has 0 spiro atoms. The summed E-state index contributed by atoms with van der Waals surface area (Å²) in [6.45, 7) is 0. The van der Waals surface area contributed by atoms with Crippen molar-refractivity contribution in [2.45, 2.75) is 18.2 Å². The largest absolute Gasteiger partial charge is 0.118 e. The standard InChI is InChI=1S/C18H18BrCl/c19-14-18(20)13-17(11-15-7-3-1-4-8-15)12-16-9-5-2-6-10-16/h1-10,13,18H,11-12,14H2. The van der Waals surface area contributed by atoms with E-state index in [-0.39, 0.29) is 5.38 Å². The minimum Gasteiger partial charge on any atom is -0.118 e. The number of alkyl halides is 2. The van der Waals surface area contributed by atoms with Crippen LogP contribution < -0.4 is 0 Å². The third kappa shape index (κ3) is 5.15. The molecule has 2 rings (SSSR count). The first-order valence-corrected chi connectivity index (χ1v) is 8.31. The number of hydrogen-bond acceptors (Lipinski definition) is 0. The van der Waals surface area contributed by atoms with Crippen molar-refractivity contribution in [3.63, 3.8) is 0 Å². The molecular weight excluding hydrogens is 332 g/mol. The van der Waals surface area contributed by atoms with Crippen molar-refractivity contribution in [2.24, 2.45) is 0 Å². The first-order valence-electron chi connectivity index (χ1n) is 6.75. The van der Waals surface area contributed by atoms with E-state index in [2.05, 4.69) is 70.5 Å². The van der Waals surface area contributed by atoms with E-state index in [1.807, 2.05) is 12.1 Å². The van der Waals surface area contributed by atoms with Crippen LogP contribution in [-0.2, 0) is 12.8 Å². The van der Waals surface area contributed by atoms with Gasteiger partial charge in [-0.05, 0) is 24.0 Å². The quantitative estimate of drug-likeness (QED) is 0.484. The zero-order chi connectivity index (χ0) is 14.2. The molecule has 0 bridgehead atoms. The molecule has 1 unspecified atom stereocenters. The van der Waals surface area contributed by atoms with Crippen molar-refractivity contribution in [1.29, 1.82) is 0 Å². The predicted molar refractivity (Wildman–Crippen MR) is 91.8 cm³/mol. The van der Waals surface area contributed by atoms with Gasteiger partial charge in [0.25, 0.3) is 0 Å². The number of halogens is 2. The van der Waals surface area contributed by atoms with Crippen molar-refractivity contribution in [3.8, 4) is 0 Å². The smallest absolute Gasteiger partial charge is 0.0615 e. The molecule has 1 atom stereocenters. The average molecular weight is 350 g/mol. The Labute approximate surface area is 134 Å². The second-order valence-electron chi connectivity index (χ2n) is 4.82. The fourth-order valence-electron chi connectivity index (χ4n) is 2.20. The molecule has 0 heterocycles. The number of benzene rings is 2. The van der Waals surface area contributed by atoms with Crippen LogP contribution in [0.4, 0.5) is 0 Å². The lowest BCUT2D eigenvalue weighted by atomic mass is 9.97. The van der Waals surface area contributed by atoms with E-state index in [9.17, 15) is 0 Å². The highest BCUT2D eigenvalue weighted by Gasteiger charge is 2.05. The molecule has 0 aromatic heterocycles. The molecule has 0 saturated carbocycles. The number of hydrogen-bond donors (Lipinski definition) is 0. The van der Waals surface area contributed by atoms with E-state index >= 15 is 0 Å². The van der Waals surface area contributed by atoms with Crippen molar-refractivity contribution in [1.82, 2.24) is 0 Å². The molecule has 0 fully saturated rings. The van der Waals surface area contributed by atoms with E-state index in [4.69, 9.17) is 11.6 Å². The van der Waals surface area contributed by atoms with Crippen LogP contribution in [0.15, 0.2) is 72.3 Å². The van der Waals surface area contributed by atoms with Crippen LogP contribution in [0.2, 0.25) is 0 Å². The minimum atomic E-state index is 0.0393. The third-order valence-electron chi connectivity index (χ3n) is 3.11. The lowest BCUT2D eigenvalue weighted by Gasteiger charge is -2.10. The molecule has 0 radical (unpaired) electrons. The molecule has 0 N–H and O–H groups in total. The van der Waals surface area contributed by atoms with Gasteiger partial charge >= 0.3 is 0 Å². The highest BCUT2D eigenvalue weighted by molar-refractivity contribution is 9.09. The summed E-state index contributed by atoms with van der Waals surface area (Å²) in [7, 11) is 0. The van der Waals surface area contributed by atoms with Crippen molar-refractivity contribution in [3.05, 3.63) is 83.4 Å². The van der Waals surface area contributed by atoms with Gasteiger partial charge in [-0.2, -0.15) is 0 Å². The van der Waals surface area contributed by atoms with Gasteiger partial charge in [-0.1, -0.05) is 88.2 Å². The van der Waals surface area contributed by atoms with Gasteiger partial charge in [0.1, 0.15) is 0 Å². The van der Waals surface area contributed by atoms with Crippen LogP contribution in [0.1, 0.15) is 11.1 Å². The van der Waals surface area contributed by atoms with E-state index in [1.54, 1.807) is 0 Å². The van der Waals surface area contributed by atoms with Gasteiger partial charge in [-0.25, -0.2) is 0 Å². The highest BCUT2D eigenvalue weighted by atomic mass is 79.9. The SMILES string of the molecule is ClC(C=C(Cc1ccccc1)Cc1ccccc1)CBr. The molecule has 2 aromatic rings. The maximum Gasteiger partial charge on any atom is 0.0615 e. The zero-order valence-corrected chi connectivity index (χ0v) is 13.6. The Balaban J connectivity index is 2.15. The predicted octanol–water partition coefficient (Wildman–Crippen LogP) is 5.40. The van der Waals surface area contributed by atoms with Crippen LogP contribution in [0.5, 0.6) is 0 Å². The lowest BCUT2D eigenvalue weighted by molar-refractivity contribution is 1.01. The van der Waals surface area contributed by atoms with Gasteiger partial charge in [0.05, 0.1) is 5.38 Å². The Kier molecular flexibility index (Phi) is 6.35.